The largest absolute Gasteiger partial charge is 0.399 e. The number of nitrogens with two attached hydrogens (primary N) is 2. The van der Waals surface area contributed by atoms with Gasteiger partial charge in [0.05, 0.1) is 17.5 Å². The van der Waals surface area contributed by atoms with Gasteiger partial charge in [0.25, 0.3) is 0 Å². The van der Waals surface area contributed by atoms with E-state index in [1.54, 1.807) is 12.1 Å². The second-order valence-corrected chi connectivity index (χ2v) is 10.9. The van der Waals surface area contributed by atoms with Gasteiger partial charge in [-0.1, -0.05) is 38.1 Å². The van der Waals surface area contributed by atoms with Crippen molar-refractivity contribution in [2.75, 3.05) is 25.4 Å². The number of anilines is 1. The molecule has 0 saturated heterocycles. The SMILES string of the molecule is Cc1ccccc1C[C@H](N)C(=O)NCCCC(CO)N(CC(C)C)S(=O)(=O)c1ccc(N)cc1. The summed E-state index contributed by atoms with van der Waals surface area (Å²) in [6, 6.07) is 12.6. The molecule has 34 heavy (non-hydrogen) atoms. The minimum absolute atomic E-state index is 0.0664. The number of rotatable bonds is 13. The molecule has 0 fully saturated rings. The van der Waals surface area contributed by atoms with Crippen LogP contribution in [0.1, 0.15) is 37.8 Å². The van der Waals surface area contributed by atoms with Gasteiger partial charge in [0.1, 0.15) is 0 Å². The molecule has 1 unspecified atom stereocenters. The molecule has 0 aromatic heterocycles. The molecule has 0 aliphatic rings. The quantitative estimate of drug-likeness (QED) is 0.250. The summed E-state index contributed by atoms with van der Waals surface area (Å²) >= 11 is 0. The van der Waals surface area contributed by atoms with Crippen molar-refractivity contribution in [1.29, 1.82) is 0 Å². The highest BCUT2D eigenvalue weighted by Gasteiger charge is 2.31. The van der Waals surface area contributed by atoms with E-state index in [2.05, 4.69) is 5.32 Å². The van der Waals surface area contributed by atoms with Crippen LogP contribution in [0.4, 0.5) is 5.69 Å². The van der Waals surface area contributed by atoms with Crippen molar-refractivity contribution in [3.8, 4) is 0 Å². The predicted octanol–water partition coefficient (Wildman–Crippen LogP) is 2.05. The maximum absolute atomic E-state index is 13.3. The fraction of sp³-hybridized carbons (Fsp3) is 0.480. The first-order valence-corrected chi connectivity index (χ1v) is 13.1. The summed E-state index contributed by atoms with van der Waals surface area (Å²) in [5.74, 6) is -0.186. The van der Waals surface area contributed by atoms with Crippen LogP contribution in [0.5, 0.6) is 0 Å². The zero-order valence-corrected chi connectivity index (χ0v) is 21.1. The zero-order chi connectivity index (χ0) is 25.3. The highest BCUT2D eigenvalue weighted by atomic mass is 32.2. The number of benzene rings is 2. The molecule has 2 aromatic rings. The Balaban J connectivity index is 1.97. The van der Waals surface area contributed by atoms with Crippen molar-refractivity contribution in [1.82, 2.24) is 9.62 Å². The van der Waals surface area contributed by atoms with Crippen molar-refractivity contribution in [2.45, 2.75) is 57.0 Å². The van der Waals surface area contributed by atoms with E-state index < -0.39 is 22.1 Å². The molecular formula is C25H38N4O4S. The van der Waals surface area contributed by atoms with Crippen molar-refractivity contribution < 1.29 is 18.3 Å². The Morgan fingerprint density at radius 1 is 1.12 bits per heavy atom. The third-order valence-electron chi connectivity index (χ3n) is 5.70. The Labute approximate surface area is 203 Å². The molecule has 0 saturated carbocycles. The topological polar surface area (TPSA) is 139 Å². The lowest BCUT2D eigenvalue weighted by molar-refractivity contribution is -0.122. The molecule has 6 N–H and O–H groups in total. The molecule has 0 heterocycles. The average Bonchev–Trinajstić information content (AvgIpc) is 2.79. The van der Waals surface area contributed by atoms with Gasteiger partial charge in [-0.15, -0.1) is 0 Å². The smallest absolute Gasteiger partial charge is 0.243 e. The Hall–Kier alpha value is -2.46. The first-order valence-electron chi connectivity index (χ1n) is 11.6. The third-order valence-corrected chi connectivity index (χ3v) is 7.63. The number of aliphatic hydroxyl groups excluding tert-OH is 1. The van der Waals surface area contributed by atoms with Crippen molar-refractivity contribution in [3.05, 3.63) is 59.7 Å². The van der Waals surface area contributed by atoms with Crippen molar-refractivity contribution >= 4 is 21.6 Å². The molecule has 0 aliphatic heterocycles. The van der Waals surface area contributed by atoms with E-state index in [-0.39, 0.29) is 29.9 Å². The van der Waals surface area contributed by atoms with Gasteiger partial charge in [0.15, 0.2) is 0 Å². The minimum Gasteiger partial charge on any atom is -0.399 e. The van der Waals surface area contributed by atoms with Gasteiger partial charge >= 0.3 is 0 Å². The first-order chi connectivity index (χ1) is 16.1. The van der Waals surface area contributed by atoms with Crippen LogP contribution in [-0.4, -0.2) is 55.5 Å². The van der Waals surface area contributed by atoms with Gasteiger partial charge in [-0.25, -0.2) is 8.42 Å². The summed E-state index contributed by atoms with van der Waals surface area (Å²) in [5.41, 5.74) is 14.4. The Morgan fingerprint density at radius 3 is 2.35 bits per heavy atom. The summed E-state index contributed by atoms with van der Waals surface area (Å²) in [4.78, 5) is 12.6. The monoisotopic (exact) mass is 490 g/mol. The molecule has 2 aromatic carbocycles. The summed E-state index contributed by atoms with van der Waals surface area (Å²) in [6.45, 7) is 6.13. The van der Waals surface area contributed by atoms with E-state index in [4.69, 9.17) is 11.5 Å². The summed E-state index contributed by atoms with van der Waals surface area (Å²) < 4.78 is 28.0. The van der Waals surface area contributed by atoms with E-state index in [0.29, 0.717) is 31.5 Å². The van der Waals surface area contributed by atoms with Crippen LogP contribution >= 0.6 is 0 Å². The summed E-state index contributed by atoms with van der Waals surface area (Å²) in [7, 11) is -3.82. The van der Waals surface area contributed by atoms with Gasteiger partial charge in [-0.05, 0) is 67.5 Å². The predicted molar refractivity (Wildman–Crippen MR) is 136 cm³/mol. The Morgan fingerprint density at radius 2 is 1.76 bits per heavy atom. The van der Waals surface area contributed by atoms with Crippen molar-refractivity contribution in [2.24, 2.45) is 11.7 Å². The lowest BCUT2D eigenvalue weighted by Gasteiger charge is -2.31. The molecule has 0 bridgehead atoms. The zero-order valence-electron chi connectivity index (χ0n) is 20.3. The molecule has 0 radical (unpaired) electrons. The second-order valence-electron chi connectivity index (χ2n) is 9.04. The number of nitrogen functional groups attached to an aromatic ring is 1. The van der Waals surface area contributed by atoms with Crippen LogP contribution in [0.25, 0.3) is 0 Å². The Kier molecular flexibility index (Phi) is 10.5. The van der Waals surface area contributed by atoms with Crippen molar-refractivity contribution in [3.63, 3.8) is 0 Å². The molecule has 2 rings (SSSR count). The standard InChI is InChI=1S/C25H38N4O4S/c1-18(2)16-29(34(32,33)23-12-10-21(26)11-13-23)22(17-30)9-6-14-28-25(31)24(27)15-20-8-5-4-7-19(20)3/h4-5,7-8,10-13,18,22,24,30H,6,9,14-17,26-27H2,1-3H3,(H,28,31)/t22?,24-/m0/s1. The summed E-state index contributed by atoms with van der Waals surface area (Å²) in [6.07, 6.45) is 1.34. The van der Waals surface area contributed by atoms with Crippen LogP contribution in [0.15, 0.2) is 53.4 Å². The van der Waals surface area contributed by atoms with Gasteiger partial charge in [0.2, 0.25) is 15.9 Å². The fourth-order valence-electron chi connectivity index (χ4n) is 3.75. The van der Waals surface area contributed by atoms with Gasteiger partial charge in [-0.2, -0.15) is 4.31 Å². The summed E-state index contributed by atoms with van der Waals surface area (Å²) in [5, 5.41) is 12.8. The van der Waals surface area contributed by atoms with Gasteiger partial charge < -0.3 is 21.9 Å². The lowest BCUT2D eigenvalue weighted by Crippen LogP contribution is -2.45. The number of nitrogens with one attached hydrogen (secondary N) is 1. The molecule has 2 atom stereocenters. The maximum Gasteiger partial charge on any atom is 0.243 e. The number of carbonyl (C=O) groups excluding carboxylic acids is 1. The van der Waals surface area contributed by atoms with Crippen LogP contribution in [0.3, 0.4) is 0 Å². The van der Waals surface area contributed by atoms with Gasteiger partial charge in [-0.3, -0.25) is 4.79 Å². The highest BCUT2D eigenvalue weighted by Crippen LogP contribution is 2.23. The number of sulfonamides is 1. The molecule has 0 spiro atoms. The number of amides is 1. The number of hydrogen-bond donors (Lipinski definition) is 4. The van der Waals surface area contributed by atoms with Crippen LogP contribution in [-0.2, 0) is 21.2 Å². The van der Waals surface area contributed by atoms with E-state index in [1.165, 1.54) is 16.4 Å². The molecule has 188 valence electrons. The van der Waals surface area contributed by atoms with E-state index >= 15 is 0 Å². The molecule has 1 amide bonds. The molecule has 8 nitrogen and oxygen atoms in total. The molecule has 0 aliphatic carbocycles. The highest BCUT2D eigenvalue weighted by molar-refractivity contribution is 7.89. The van der Waals surface area contributed by atoms with E-state index in [9.17, 15) is 18.3 Å². The Bertz CT molecular complexity index is 1030. The van der Waals surface area contributed by atoms with Crippen LogP contribution in [0, 0.1) is 12.8 Å². The maximum atomic E-state index is 13.3. The van der Waals surface area contributed by atoms with E-state index in [1.807, 2.05) is 45.0 Å². The lowest BCUT2D eigenvalue weighted by atomic mass is 10.0. The number of hydrogen-bond acceptors (Lipinski definition) is 6. The number of aryl methyl sites for hydroxylation is 1. The van der Waals surface area contributed by atoms with Gasteiger partial charge in [0, 0.05) is 24.8 Å². The number of nitrogens with zero attached hydrogens (tertiary/aromatic N) is 1. The average molecular weight is 491 g/mol. The fourth-order valence-corrected chi connectivity index (χ4v) is 5.56. The molecule has 9 heteroatoms. The number of aliphatic hydroxyl groups is 1. The normalized spacial score (nSPS) is 13.7. The molecular weight excluding hydrogens is 452 g/mol. The van der Waals surface area contributed by atoms with E-state index in [0.717, 1.165) is 11.1 Å². The van der Waals surface area contributed by atoms with Crippen LogP contribution in [0.2, 0.25) is 0 Å². The first kappa shape index (κ1) is 27.8. The van der Waals surface area contributed by atoms with Crippen LogP contribution < -0.4 is 16.8 Å². The minimum atomic E-state index is -3.82. The third kappa shape index (κ3) is 7.80. The number of carbonyl (C=O) groups is 1. The second kappa shape index (κ2) is 12.9.